The summed E-state index contributed by atoms with van der Waals surface area (Å²) >= 11 is 0. The first-order valence-electron chi connectivity index (χ1n) is 11.5. The molecule has 5 rings (SSSR count). The molecule has 0 atom stereocenters. The maximum atomic E-state index is 14.7. The van der Waals surface area contributed by atoms with Gasteiger partial charge >= 0.3 is 0 Å². The number of carbonyl (C=O) groups excluding carboxylic acids is 2. The number of rotatable bonds is 6. The van der Waals surface area contributed by atoms with E-state index in [0.29, 0.717) is 25.9 Å². The Bertz CT molecular complexity index is 1440. The molecule has 36 heavy (non-hydrogen) atoms. The van der Waals surface area contributed by atoms with E-state index in [2.05, 4.69) is 19.5 Å². The molecule has 1 amide bonds. The normalized spacial score (nSPS) is 14.6. The van der Waals surface area contributed by atoms with Crippen molar-refractivity contribution < 1.29 is 14.0 Å². The molecule has 184 valence electrons. The Morgan fingerprint density at radius 3 is 2.64 bits per heavy atom. The number of nitrogens with two attached hydrogens (primary N) is 2. The number of pyridine rings is 1. The summed E-state index contributed by atoms with van der Waals surface area (Å²) in [6, 6.07) is 10.0. The molecule has 1 aliphatic heterocycles. The Balaban J connectivity index is 1.33. The molecular weight excluding hydrogens is 463 g/mol. The highest BCUT2D eigenvalue weighted by atomic mass is 19.1. The average molecular weight is 489 g/mol. The molecule has 0 saturated carbocycles. The van der Waals surface area contributed by atoms with Gasteiger partial charge < -0.3 is 20.2 Å². The number of imidazole rings is 1. The van der Waals surface area contributed by atoms with Gasteiger partial charge in [-0.1, -0.05) is 30.3 Å². The lowest BCUT2D eigenvalue weighted by atomic mass is 10.0. The van der Waals surface area contributed by atoms with Crippen molar-refractivity contribution in [3.63, 3.8) is 0 Å². The molecule has 5 N–H and O–H groups in total. The average Bonchev–Trinajstić information content (AvgIpc) is 3.57. The molecule has 1 aromatic carbocycles. The van der Waals surface area contributed by atoms with Gasteiger partial charge in [0.05, 0.1) is 22.7 Å². The maximum Gasteiger partial charge on any atom is 0.295 e. The van der Waals surface area contributed by atoms with Crippen molar-refractivity contribution in [1.29, 1.82) is 0 Å². The first-order chi connectivity index (χ1) is 17.5. The zero-order chi connectivity index (χ0) is 25.2. The molecule has 11 heteroatoms. The van der Waals surface area contributed by atoms with Crippen molar-refractivity contribution in [2.75, 3.05) is 18.1 Å². The molecule has 10 nitrogen and oxygen atoms in total. The number of fused-ring (bicyclic) bond motifs is 1. The molecule has 0 bridgehead atoms. The topological polar surface area (TPSA) is 139 Å². The largest absolute Gasteiger partial charge is 0.403 e. The summed E-state index contributed by atoms with van der Waals surface area (Å²) in [4.78, 5) is 39.0. The smallest absolute Gasteiger partial charge is 0.295 e. The number of hydrogen-bond acceptors (Lipinski definition) is 7. The van der Waals surface area contributed by atoms with Crippen molar-refractivity contribution in [2.24, 2.45) is 11.6 Å². The molecule has 0 aliphatic carbocycles. The zero-order valence-corrected chi connectivity index (χ0v) is 19.3. The lowest BCUT2D eigenvalue weighted by Gasteiger charge is -2.33. The highest BCUT2D eigenvalue weighted by molar-refractivity contribution is 6.45. The molecular formula is C25H25FN8O2. The van der Waals surface area contributed by atoms with Crippen LogP contribution in [0.25, 0.3) is 22.3 Å². The Kier molecular flexibility index (Phi) is 6.21. The highest BCUT2D eigenvalue weighted by Gasteiger charge is 2.31. The minimum absolute atomic E-state index is 0.0416. The van der Waals surface area contributed by atoms with Crippen LogP contribution in [-0.2, 0) is 4.79 Å². The van der Waals surface area contributed by atoms with Gasteiger partial charge in [-0.25, -0.2) is 20.2 Å². The van der Waals surface area contributed by atoms with E-state index in [1.54, 1.807) is 6.20 Å². The van der Waals surface area contributed by atoms with Crippen LogP contribution in [0, 0.1) is 5.82 Å². The number of H-pyrrole nitrogens is 1. The molecule has 3 aromatic heterocycles. The van der Waals surface area contributed by atoms with Gasteiger partial charge in [0.15, 0.2) is 11.6 Å². The number of carbonyl (C=O) groups is 2. The quantitative estimate of drug-likeness (QED) is 0.164. The number of benzene rings is 1. The SMILES string of the molecule is N/C=C\N(N)c1ncc(F)c2c(C(=O)C(=O)N3CCC(n4ccnc4-c4ccccc4)CC3)c[nH]c12. The second-order valence-electron chi connectivity index (χ2n) is 8.51. The molecule has 1 saturated heterocycles. The molecule has 1 aliphatic rings. The first kappa shape index (κ1) is 23.2. The van der Waals surface area contributed by atoms with Crippen LogP contribution < -0.4 is 16.6 Å². The maximum absolute atomic E-state index is 14.7. The third-order valence-corrected chi connectivity index (χ3v) is 6.42. The fraction of sp³-hybridized carbons (Fsp3) is 0.200. The molecule has 0 unspecified atom stereocenters. The lowest BCUT2D eigenvalue weighted by molar-refractivity contribution is -0.127. The number of nitrogens with one attached hydrogen (secondary N) is 1. The van der Waals surface area contributed by atoms with Crippen molar-refractivity contribution in [3.8, 4) is 11.4 Å². The number of ketones is 1. The summed E-state index contributed by atoms with van der Waals surface area (Å²) in [6.07, 6.45) is 9.84. The number of nitrogens with zero attached hydrogens (tertiary/aromatic N) is 5. The number of hydrogen-bond donors (Lipinski definition) is 3. The monoisotopic (exact) mass is 488 g/mol. The molecule has 0 radical (unpaired) electrons. The summed E-state index contributed by atoms with van der Waals surface area (Å²) in [5.74, 6) is 4.71. The van der Waals surface area contributed by atoms with Crippen LogP contribution in [0.5, 0.6) is 0 Å². The Hall–Kier alpha value is -4.51. The Labute approximate surface area is 206 Å². The summed E-state index contributed by atoms with van der Waals surface area (Å²) in [5.41, 5.74) is 6.52. The van der Waals surface area contributed by atoms with E-state index in [-0.39, 0.29) is 28.3 Å². The predicted molar refractivity (Wildman–Crippen MR) is 133 cm³/mol. The third kappa shape index (κ3) is 4.09. The molecule has 1 fully saturated rings. The van der Waals surface area contributed by atoms with Crippen LogP contribution in [0.15, 0.2) is 67.5 Å². The van der Waals surface area contributed by atoms with Crippen LogP contribution in [0.3, 0.4) is 0 Å². The fourth-order valence-corrected chi connectivity index (χ4v) is 4.66. The van der Waals surface area contributed by atoms with E-state index in [9.17, 15) is 14.0 Å². The second kappa shape index (κ2) is 9.62. The summed E-state index contributed by atoms with van der Waals surface area (Å²) in [7, 11) is 0. The second-order valence-corrected chi connectivity index (χ2v) is 8.51. The van der Waals surface area contributed by atoms with Crippen molar-refractivity contribution in [3.05, 3.63) is 78.9 Å². The number of anilines is 1. The summed E-state index contributed by atoms with van der Waals surface area (Å²) in [5, 5.41) is 1.05. The van der Waals surface area contributed by atoms with E-state index >= 15 is 0 Å². The lowest BCUT2D eigenvalue weighted by Crippen LogP contribution is -2.42. The number of amides is 1. The van der Waals surface area contributed by atoms with Crippen molar-refractivity contribution in [1.82, 2.24) is 24.4 Å². The molecule has 4 aromatic rings. The van der Waals surface area contributed by atoms with Crippen molar-refractivity contribution >= 4 is 28.4 Å². The van der Waals surface area contributed by atoms with Crippen LogP contribution in [-0.4, -0.2) is 49.2 Å². The third-order valence-electron chi connectivity index (χ3n) is 6.42. The van der Waals surface area contributed by atoms with Gasteiger partial charge in [-0.05, 0) is 12.8 Å². The summed E-state index contributed by atoms with van der Waals surface area (Å²) < 4.78 is 16.8. The summed E-state index contributed by atoms with van der Waals surface area (Å²) in [6.45, 7) is 0.800. The zero-order valence-electron chi connectivity index (χ0n) is 19.3. The van der Waals surface area contributed by atoms with Crippen LogP contribution in [0.4, 0.5) is 10.2 Å². The number of Topliss-reactive ketones (excluding diaryl/α,β-unsaturated/α-hetero) is 1. The minimum Gasteiger partial charge on any atom is -0.403 e. The van der Waals surface area contributed by atoms with E-state index in [0.717, 1.165) is 22.6 Å². The van der Waals surface area contributed by atoms with Gasteiger partial charge in [0.25, 0.3) is 11.7 Å². The Morgan fingerprint density at radius 1 is 1.17 bits per heavy atom. The molecule has 0 spiro atoms. The van der Waals surface area contributed by atoms with Gasteiger partial charge in [-0.15, -0.1) is 0 Å². The standard InChI is InChI=1S/C25H25FN8O2/c26-19-15-31-24(34(28)12-8-27)21-20(19)18(14-30-21)22(35)25(36)32-10-6-17(7-11-32)33-13-9-29-23(33)16-4-2-1-3-5-16/h1-5,8-9,12-15,17,30H,6-7,10-11,27-28H2/b12-8-. The first-order valence-corrected chi connectivity index (χ1v) is 11.5. The number of aromatic nitrogens is 4. The number of aromatic amines is 1. The Morgan fingerprint density at radius 2 is 1.92 bits per heavy atom. The van der Waals surface area contributed by atoms with Gasteiger partial charge in [0.2, 0.25) is 0 Å². The number of likely N-dealkylation sites (tertiary alicyclic amines) is 1. The highest BCUT2D eigenvalue weighted by Crippen LogP contribution is 2.30. The van der Waals surface area contributed by atoms with Crippen LogP contribution in [0.1, 0.15) is 29.2 Å². The number of piperidine rings is 1. The number of hydrazine groups is 1. The van der Waals surface area contributed by atoms with E-state index < -0.39 is 17.5 Å². The van der Waals surface area contributed by atoms with E-state index in [4.69, 9.17) is 11.6 Å². The number of halogens is 1. The van der Waals surface area contributed by atoms with E-state index in [1.165, 1.54) is 23.5 Å². The van der Waals surface area contributed by atoms with Gasteiger partial charge in [-0.3, -0.25) is 14.6 Å². The van der Waals surface area contributed by atoms with Gasteiger partial charge in [-0.2, -0.15) is 0 Å². The van der Waals surface area contributed by atoms with Gasteiger partial charge in [0.1, 0.15) is 5.82 Å². The van der Waals surface area contributed by atoms with Crippen molar-refractivity contribution in [2.45, 2.75) is 18.9 Å². The van der Waals surface area contributed by atoms with Crippen LogP contribution >= 0.6 is 0 Å². The van der Waals surface area contributed by atoms with Gasteiger partial charge in [0, 0.05) is 55.7 Å². The molecule has 4 heterocycles. The van der Waals surface area contributed by atoms with Crippen LogP contribution in [0.2, 0.25) is 0 Å². The van der Waals surface area contributed by atoms with E-state index in [1.807, 2.05) is 36.5 Å². The predicted octanol–water partition coefficient (Wildman–Crippen LogP) is 2.72. The minimum atomic E-state index is -0.790. The fourth-order valence-electron chi connectivity index (χ4n) is 4.66.